The van der Waals surface area contributed by atoms with Gasteiger partial charge in [-0.1, -0.05) is 20.8 Å². The van der Waals surface area contributed by atoms with Crippen LogP contribution in [-0.2, 0) is 0 Å². The molecule has 5 nitrogen and oxygen atoms in total. The summed E-state index contributed by atoms with van der Waals surface area (Å²) in [6, 6.07) is 7.64. The summed E-state index contributed by atoms with van der Waals surface area (Å²) in [7, 11) is 0. The maximum absolute atomic E-state index is 5.70. The van der Waals surface area contributed by atoms with E-state index in [1.807, 2.05) is 24.3 Å². The lowest BCUT2D eigenvalue weighted by molar-refractivity contribution is 0.243. The summed E-state index contributed by atoms with van der Waals surface area (Å²) in [6.45, 7) is 7.32. The summed E-state index contributed by atoms with van der Waals surface area (Å²) in [4.78, 5) is 0. The van der Waals surface area contributed by atoms with Gasteiger partial charge in [0.05, 0.1) is 6.61 Å². The molecule has 0 N–H and O–H groups in total. The molecular weight excluding hydrogens is 240 g/mol. The number of hydrogen-bond acceptors (Lipinski definition) is 5. The van der Waals surface area contributed by atoms with Gasteiger partial charge in [0.2, 0.25) is 5.82 Å². The van der Waals surface area contributed by atoms with Crippen molar-refractivity contribution in [3.8, 4) is 17.1 Å². The molecule has 0 saturated heterocycles. The molecule has 0 fully saturated rings. The molecule has 0 aliphatic carbocycles. The fourth-order valence-electron chi connectivity index (χ4n) is 1.49. The molecule has 0 saturated carbocycles. The first kappa shape index (κ1) is 13.4. The molecule has 0 unspecified atom stereocenters. The molecule has 1 heterocycles. The zero-order valence-electron chi connectivity index (χ0n) is 11.5. The van der Waals surface area contributed by atoms with E-state index in [-0.39, 0.29) is 5.41 Å². The zero-order valence-corrected chi connectivity index (χ0v) is 11.5. The van der Waals surface area contributed by atoms with E-state index in [1.54, 1.807) is 0 Å². The van der Waals surface area contributed by atoms with Crippen LogP contribution in [0.2, 0.25) is 0 Å². The van der Waals surface area contributed by atoms with Crippen molar-refractivity contribution in [2.45, 2.75) is 27.2 Å². The van der Waals surface area contributed by atoms with E-state index in [1.165, 1.54) is 6.33 Å². The third-order valence-electron chi connectivity index (χ3n) is 2.64. The monoisotopic (exact) mass is 258 g/mol. The Morgan fingerprint density at radius 2 is 1.63 bits per heavy atom. The summed E-state index contributed by atoms with van der Waals surface area (Å²) in [5, 5.41) is 15.2. The molecule has 0 atom stereocenters. The van der Waals surface area contributed by atoms with Crippen molar-refractivity contribution in [2.75, 3.05) is 6.61 Å². The minimum atomic E-state index is 0.287. The minimum absolute atomic E-state index is 0.287. The lowest BCUT2D eigenvalue weighted by atomic mass is 9.93. The molecule has 2 aromatic rings. The maximum atomic E-state index is 5.70. The molecule has 1 aromatic carbocycles. The fraction of sp³-hybridized carbons (Fsp3) is 0.429. The van der Waals surface area contributed by atoms with Gasteiger partial charge in [-0.05, 0) is 36.1 Å². The standard InChI is InChI=1S/C14H18N4O/c1-14(2,3)8-9-19-12-6-4-11(5-7-12)13-17-15-10-16-18-13/h4-7,10H,8-9H2,1-3H3. The van der Waals surface area contributed by atoms with Crippen LogP contribution in [0.1, 0.15) is 27.2 Å². The van der Waals surface area contributed by atoms with Crippen molar-refractivity contribution < 1.29 is 4.74 Å². The summed E-state index contributed by atoms with van der Waals surface area (Å²) in [6.07, 6.45) is 2.33. The van der Waals surface area contributed by atoms with E-state index in [0.717, 1.165) is 17.7 Å². The molecule has 0 spiro atoms. The minimum Gasteiger partial charge on any atom is -0.494 e. The molecule has 5 heteroatoms. The van der Waals surface area contributed by atoms with E-state index in [0.29, 0.717) is 12.4 Å². The molecule has 19 heavy (non-hydrogen) atoms. The maximum Gasteiger partial charge on any atom is 0.203 e. The first-order chi connectivity index (χ1) is 9.04. The van der Waals surface area contributed by atoms with Crippen molar-refractivity contribution in [1.82, 2.24) is 20.4 Å². The topological polar surface area (TPSA) is 60.8 Å². The summed E-state index contributed by atoms with van der Waals surface area (Å²) < 4.78 is 5.70. The van der Waals surface area contributed by atoms with Gasteiger partial charge in [0.15, 0.2) is 6.33 Å². The number of ether oxygens (including phenoxy) is 1. The van der Waals surface area contributed by atoms with Gasteiger partial charge in [0.25, 0.3) is 0 Å². The number of benzene rings is 1. The highest BCUT2D eigenvalue weighted by atomic mass is 16.5. The number of rotatable bonds is 4. The molecular formula is C14H18N4O. The highest BCUT2D eigenvalue weighted by molar-refractivity contribution is 5.54. The van der Waals surface area contributed by atoms with E-state index < -0.39 is 0 Å². The van der Waals surface area contributed by atoms with Gasteiger partial charge in [-0.25, -0.2) is 0 Å². The van der Waals surface area contributed by atoms with Gasteiger partial charge in [-0.15, -0.1) is 20.4 Å². The predicted octanol–water partition coefficient (Wildman–Crippen LogP) is 2.75. The number of hydrogen-bond donors (Lipinski definition) is 0. The van der Waals surface area contributed by atoms with Gasteiger partial charge in [-0.3, -0.25) is 0 Å². The van der Waals surface area contributed by atoms with Crippen LogP contribution >= 0.6 is 0 Å². The number of aromatic nitrogens is 4. The largest absolute Gasteiger partial charge is 0.494 e. The van der Waals surface area contributed by atoms with Crippen LogP contribution in [-0.4, -0.2) is 27.0 Å². The second kappa shape index (κ2) is 5.73. The Bertz CT molecular complexity index is 505. The van der Waals surface area contributed by atoms with Crippen molar-refractivity contribution in [3.63, 3.8) is 0 Å². The average molecular weight is 258 g/mol. The Morgan fingerprint density at radius 3 is 2.21 bits per heavy atom. The normalized spacial score (nSPS) is 11.3. The first-order valence-electron chi connectivity index (χ1n) is 6.28. The lowest BCUT2D eigenvalue weighted by Crippen LogP contribution is -2.11. The Hall–Kier alpha value is -2.04. The predicted molar refractivity (Wildman–Crippen MR) is 72.6 cm³/mol. The average Bonchev–Trinajstić information content (AvgIpc) is 2.39. The first-order valence-corrected chi connectivity index (χ1v) is 6.28. The van der Waals surface area contributed by atoms with Crippen molar-refractivity contribution in [1.29, 1.82) is 0 Å². The lowest BCUT2D eigenvalue weighted by Gasteiger charge is -2.18. The van der Waals surface area contributed by atoms with Crippen LogP contribution in [0.15, 0.2) is 30.6 Å². The van der Waals surface area contributed by atoms with Gasteiger partial charge < -0.3 is 4.74 Å². The van der Waals surface area contributed by atoms with Gasteiger partial charge in [0.1, 0.15) is 5.75 Å². The molecule has 0 aliphatic rings. The second-order valence-electron chi connectivity index (χ2n) is 5.55. The van der Waals surface area contributed by atoms with Crippen LogP contribution in [0.25, 0.3) is 11.4 Å². The van der Waals surface area contributed by atoms with Crippen LogP contribution in [0.4, 0.5) is 0 Å². The van der Waals surface area contributed by atoms with E-state index in [2.05, 4.69) is 41.2 Å². The second-order valence-corrected chi connectivity index (χ2v) is 5.55. The van der Waals surface area contributed by atoms with Crippen LogP contribution < -0.4 is 4.74 Å². The van der Waals surface area contributed by atoms with E-state index >= 15 is 0 Å². The van der Waals surface area contributed by atoms with Crippen LogP contribution in [0.3, 0.4) is 0 Å². The summed E-state index contributed by atoms with van der Waals surface area (Å²) in [5.74, 6) is 1.37. The number of nitrogens with zero attached hydrogens (tertiary/aromatic N) is 4. The van der Waals surface area contributed by atoms with Crippen molar-refractivity contribution >= 4 is 0 Å². The van der Waals surface area contributed by atoms with Crippen LogP contribution in [0.5, 0.6) is 5.75 Å². The molecule has 0 radical (unpaired) electrons. The molecule has 0 aliphatic heterocycles. The van der Waals surface area contributed by atoms with Crippen LogP contribution in [0, 0.1) is 5.41 Å². The Balaban J connectivity index is 1.96. The molecule has 100 valence electrons. The van der Waals surface area contributed by atoms with Gasteiger partial charge in [0, 0.05) is 5.56 Å². The Morgan fingerprint density at radius 1 is 1.00 bits per heavy atom. The van der Waals surface area contributed by atoms with Gasteiger partial charge in [-0.2, -0.15) is 0 Å². The van der Waals surface area contributed by atoms with Gasteiger partial charge >= 0.3 is 0 Å². The molecule has 0 bridgehead atoms. The third kappa shape index (κ3) is 4.28. The van der Waals surface area contributed by atoms with E-state index in [4.69, 9.17) is 4.74 Å². The summed E-state index contributed by atoms with van der Waals surface area (Å²) in [5.41, 5.74) is 1.17. The fourth-order valence-corrected chi connectivity index (χ4v) is 1.49. The molecule has 2 rings (SSSR count). The van der Waals surface area contributed by atoms with Crippen molar-refractivity contribution in [2.24, 2.45) is 5.41 Å². The highest BCUT2D eigenvalue weighted by Gasteiger charge is 2.10. The SMILES string of the molecule is CC(C)(C)CCOc1ccc(-c2nncnn2)cc1. The quantitative estimate of drug-likeness (QED) is 0.843. The van der Waals surface area contributed by atoms with Crippen molar-refractivity contribution in [3.05, 3.63) is 30.6 Å². The summed E-state index contributed by atoms with van der Waals surface area (Å²) >= 11 is 0. The molecule has 1 aromatic heterocycles. The zero-order chi connectivity index (χ0) is 13.7. The van der Waals surface area contributed by atoms with E-state index in [9.17, 15) is 0 Å². The Labute approximate surface area is 113 Å². The smallest absolute Gasteiger partial charge is 0.203 e. The third-order valence-corrected chi connectivity index (χ3v) is 2.64. The highest BCUT2D eigenvalue weighted by Crippen LogP contribution is 2.21. The molecule has 0 amide bonds. The Kier molecular flexibility index (Phi) is 4.04.